The number of hydrogen-bond donors (Lipinski definition) is 0. The Kier molecular flexibility index (Phi) is 5.15. The quantitative estimate of drug-likeness (QED) is 0.338. The molecule has 3 heterocycles. The fraction of sp³-hybridized carbons (Fsp3) is 0.290. The number of fused-ring (bicyclic) bond motifs is 5. The maximum atomic E-state index is 10.1. The van der Waals surface area contributed by atoms with Crippen molar-refractivity contribution in [3.63, 3.8) is 0 Å². The van der Waals surface area contributed by atoms with Crippen molar-refractivity contribution in [2.24, 2.45) is 0 Å². The molecule has 1 aliphatic carbocycles. The van der Waals surface area contributed by atoms with Gasteiger partial charge in [0, 0.05) is 32.7 Å². The second-order valence-electron chi connectivity index (χ2n) is 10.1. The van der Waals surface area contributed by atoms with E-state index in [9.17, 15) is 5.26 Å². The molecule has 0 N–H and O–H groups in total. The number of nitriles is 1. The lowest BCUT2D eigenvalue weighted by molar-refractivity contribution is 0.250. The minimum Gasteiger partial charge on any atom is -0.355 e. The Morgan fingerprint density at radius 3 is 2.42 bits per heavy atom. The first-order chi connectivity index (χ1) is 17.8. The van der Waals surface area contributed by atoms with Gasteiger partial charge >= 0.3 is 0 Å². The molecule has 5 aromatic rings. The molecule has 1 saturated heterocycles. The summed E-state index contributed by atoms with van der Waals surface area (Å²) in [7, 11) is 0. The number of benzene rings is 3. The monoisotopic (exact) mass is 471 g/mol. The summed E-state index contributed by atoms with van der Waals surface area (Å²) >= 11 is 0. The van der Waals surface area contributed by atoms with Crippen LogP contribution in [0.15, 0.2) is 66.7 Å². The van der Waals surface area contributed by atoms with Crippen LogP contribution >= 0.6 is 0 Å². The first-order valence-corrected chi connectivity index (χ1v) is 13.1. The predicted molar refractivity (Wildman–Crippen MR) is 145 cm³/mol. The highest BCUT2D eigenvalue weighted by atomic mass is 15.3. The molecule has 0 spiro atoms. The zero-order valence-corrected chi connectivity index (χ0v) is 20.5. The average Bonchev–Trinajstić information content (AvgIpc) is 3.31. The van der Waals surface area contributed by atoms with E-state index in [1.54, 1.807) is 0 Å². The van der Waals surface area contributed by atoms with E-state index >= 15 is 0 Å². The van der Waals surface area contributed by atoms with Crippen LogP contribution in [0.25, 0.3) is 27.5 Å². The molecule has 36 heavy (non-hydrogen) atoms. The van der Waals surface area contributed by atoms with Crippen molar-refractivity contribution in [2.45, 2.75) is 32.2 Å². The third-order valence-electron chi connectivity index (χ3n) is 8.09. The molecule has 0 bridgehead atoms. The lowest BCUT2D eigenvalue weighted by Crippen LogP contribution is -2.47. The minimum absolute atomic E-state index is 0.777. The molecule has 1 fully saturated rings. The summed E-state index contributed by atoms with van der Waals surface area (Å²) in [6, 6.07) is 26.2. The smallest absolute Gasteiger partial charge is 0.157 e. The van der Waals surface area contributed by atoms with Crippen molar-refractivity contribution in [1.82, 2.24) is 14.3 Å². The molecule has 0 unspecified atom stereocenters. The van der Waals surface area contributed by atoms with Crippen LogP contribution in [-0.4, -0.2) is 40.5 Å². The van der Waals surface area contributed by atoms with Gasteiger partial charge in [-0.05, 0) is 65.3 Å². The maximum absolute atomic E-state index is 10.1. The van der Waals surface area contributed by atoms with Gasteiger partial charge in [0.15, 0.2) is 5.65 Å². The second kappa shape index (κ2) is 8.65. The standard InChI is InChI=1S/C31H29N5/c32-20-27-25-12-3-4-13-26(25)31(36-29-15-6-5-14-28(29)33-30(27)36)35-18-16-34(17-19-35)21-23-10-7-9-22-8-1-2-11-24(22)23/h1-2,5-11,14-15H,3-4,12-13,16-19,21H2. The Labute approximate surface area is 211 Å². The van der Waals surface area contributed by atoms with E-state index in [2.05, 4.69) is 80.9 Å². The van der Waals surface area contributed by atoms with Crippen LogP contribution in [-0.2, 0) is 19.4 Å². The first kappa shape index (κ1) is 21.4. The Balaban J connectivity index is 1.26. The van der Waals surface area contributed by atoms with Gasteiger partial charge in [0.1, 0.15) is 11.9 Å². The summed E-state index contributed by atoms with van der Waals surface area (Å²) in [6.07, 6.45) is 4.35. The van der Waals surface area contributed by atoms with E-state index in [0.717, 1.165) is 74.2 Å². The van der Waals surface area contributed by atoms with Crippen LogP contribution in [0.1, 0.15) is 35.1 Å². The van der Waals surface area contributed by atoms with E-state index in [0.29, 0.717) is 0 Å². The minimum atomic E-state index is 0.777. The van der Waals surface area contributed by atoms with Gasteiger partial charge in [-0.25, -0.2) is 4.98 Å². The van der Waals surface area contributed by atoms with Gasteiger partial charge in [0.2, 0.25) is 0 Å². The van der Waals surface area contributed by atoms with Crippen LogP contribution < -0.4 is 4.90 Å². The highest BCUT2D eigenvalue weighted by Crippen LogP contribution is 2.37. The number of nitrogens with zero attached hydrogens (tertiary/aromatic N) is 5. The fourth-order valence-corrected chi connectivity index (χ4v) is 6.34. The van der Waals surface area contributed by atoms with E-state index in [4.69, 9.17) is 4.98 Å². The van der Waals surface area contributed by atoms with Crippen molar-refractivity contribution < 1.29 is 0 Å². The normalized spacial score (nSPS) is 16.5. The predicted octanol–water partition coefficient (Wildman–Crippen LogP) is 5.71. The van der Waals surface area contributed by atoms with Crippen molar-refractivity contribution in [3.05, 3.63) is 89.0 Å². The van der Waals surface area contributed by atoms with Gasteiger partial charge < -0.3 is 4.90 Å². The molecule has 7 rings (SSSR count). The number of imidazole rings is 1. The molecular weight excluding hydrogens is 442 g/mol. The Morgan fingerprint density at radius 2 is 1.56 bits per heavy atom. The summed E-state index contributed by atoms with van der Waals surface area (Å²) in [5.41, 5.74) is 7.68. The molecule has 5 nitrogen and oxygen atoms in total. The summed E-state index contributed by atoms with van der Waals surface area (Å²) in [5.74, 6) is 1.28. The van der Waals surface area contributed by atoms with Crippen molar-refractivity contribution in [2.75, 3.05) is 31.1 Å². The van der Waals surface area contributed by atoms with Crippen LogP contribution in [0.2, 0.25) is 0 Å². The fourth-order valence-electron chi connectivity index (χ4n) is 6.34. The van der Waals surface area contributed by atoms with Crippen molar-refractivity contribution >= 4 is 33.3 Å². The largest absolute Gasteiger partial charge is 0.355 e. The van der Waals surface area contributed by atoms with Crippen LogP contribution in [0.4, 0.5) is 5.82 Å². The molecule has 3 aromatic carbocycles. The first-order valence-electron chi connectivity index (χ1n) is 13.1. The van der Waals surface area contributed by atoms with Crippen molar-refractivity contribution in [1.29, 1.82) is 5.26 Å². The van der Waals surface area contributed by atoms with Gasteiger partial charge in [-0.15, -0.1) is 0 Å². The Hall–Kier alpha value is -3.88. The molecule has 2 aliphatic rings. The van der Waals surface area contributed by atoms with E-state index in [1.807, 2.05) is 6.07 Å². The summed E-state index contributed by atoms with van der Waals surface area (Å²) < 4.78 is 2.29. The summed E-state index contributed by atoms with van der Waals surface area (Å²) in [5, 5.41) is 12.8. The van der Waals surface area contributed by atoms with E-state index in [1.165, 1.54) is 39.7 Å². The number of pyridine rings is 1. The van der Waals surface area contributed by atoms with Crippen LogP contribution in [0.5, 0.6) is 0 Å². The van der Waals surface area contributed by atoms with Gasteiger partial charge in [-0.3, -0.25) is 9.30 Å². The number of aromatic nitrogens is 2. The molecule has 0 amide bonds. The van der Waals surface area contributed by atoms with Gasteiger partial charge in [0.25, 0.3) is 0 Å². The third-order valence-corrected chi connectivity index (χ3v) is 8.09. The van der Waals surface area contributed by atoms with Crippen LogP contribution in [0, 0.1) is 11.3 Å². The van der Waals surface area contributed by atoms with Gasteiger partial charge in [-0.1, -0.05) is 54.6 Å². The Morgan fingerprint density at radius 1 is 0.806 bits per heavy atom. The maximum Gasteiger partial charge on any atom is 0.157 e. The lowest BCUT2D eigenvalue weighted by atomic mass is 9.88. The number of anilines is 1. The molecule has 0 saturated carbocycles. The number of para-hydroxylation sites is 2. The average molecular weight is 472 g/mol. The number of rotatable bonds is 3. The van der Waals surface area contributed by atoms with Crippen molar-refractivity contribution in [3.8, 4) is 6.07 Å². The molecular formula is C31H29N5. The molecule has 1 aliphatic heterocycles. The van der Waals surface area contributed by atoms with Gasteiger partial charge in [-0.2, -0.15) is 5.26 Å². The topological polar surface area (TPSA) is 47.6 Å². The number of piperazine rings is 1. The molecule has 2 aromatic heterocycles. The molecule has 0 atom stereocenters. The molecule has 178 valence electrons. The van der Waals surface area contributed by atoms with E-state index in [-0.39, 0.29) is 0 Å². The third kappa shape index (κ3) is 3.37. The summed E-state index contributed by atoms with van der Waals surface area (Å²) in [4.78, 5) is 10.1. The zero-order chi connectivity index (χ0) is 24.1. The number of hydrogen-bond acceptors (Lipinski definition) is 4. The van der Waals surface area contributed by atoms with Gasteiger partial charge in [0.05, 0.1) is 16.6 Å². The lowest BCUT2D eigenvalue weighted by Gasteiger charge is -2.38. The second-order valence-corrected chi connectivity index (χ2v) is 10.1. The SMILES string of the molecule is N#Cc1c2c(c(N3CCN(Cc4cccc5ccccc45)CC3)n3c1nc1ccccc13)CCCC2. The zero-order valence-electron chi connectivity index (χ0n) is 20.5. The highest BCUT2D eigenvalue weighted by molar-refractivity contribution is 5.87. The highest BCUT2D eigenvalue weighted by Gasteiger charge is 2.29. The summed E-state index contributed by atoms with van der Waals surface area (Å²) in [6.45, 7) is 4.97. The van der Waals surface area contributed by atoms with Crippen LogP contribution in [0.3, 0.4) is 0 Å². The Bertz CT molecular complexity index is 1640. The van der Waals surface area contributed by atoms with E-state index < -0.39 is 0 Å². The molecule has 5 heteroatoms. The molecule has 0 radical (unpaired) electrons.